The molecule has 29 heavy (non-hydrogen) atoms. The number of nitrogens with one attached hydrogen (secondary N) is 1. The fraction of sp³-hybridized carbons (Fsp3) is 0.222. The average Bonchev–Trinajstić information content (AvgIpc) is 2.66. The van der Waals surface area contributed by atoms with Crippen molar-refractivity contribution in [2.75, 3.05) is 12.4 Å². The normalized spacial score (nSPS) is 12.0. The summed E-state index contributed by atoms with van der Waals surface area (Å²) in [6.07, 6.45) is -5.86. The lowest BCUT2D eigenvalue weighted by molar-refractivity contribution is -0.386. The summed E-state index contributed by atoms with van der Waals surface area (Å²) in [7, 11) is 1.11. The number of nitrogens with zero attached hydrogens (tertiary/aromatic N) is 1. The topological polar surface area (TPSA) is 108 Å². The fourth-order valence-corrected chi connectivity index (χ4v) is 2.27. The molecule has 1 N–H and O–H groups in total. The Hall–Kier alpha value is -3.63. The van der Waals surface area contributed by atoms with Crippen LogP contribution in [-0.2, 0) is 15.7 Å². The highest BCUT2D eigenvalue weighted by atomic mass is 19.4. The van der Waals surface area contributed by atoms with E-state index in [0.717, 1.165) is 37.4 Å². The van der Waals surface area contributed by atoms with E-state index in [-0.39, 0.29) is 17.0 Å². The number of methoxy groups -OCH3 is 1. The molecule has 0 bridgehead atoms. The van der Waals surface area contributed by atoms with E-state index in [1.54, 1.807) is 0 Å². The van der Waals surface area contributed by atoms with Gasteiger partial charge in [-0.2, -0.15) is 13.2 Å². The van der Waals surface area contributed by atoms with Crippen molar-refractivity contribution >= 4 is 23.3 Å². The van der Waals surface area contributed by atoms with Gasteiger partial charge in [0.05, 0.1) is 23.2 Å². The van der Waals surface area contributed by atoms with Crippen molar-refractivity contribution in [1.29, 1.82) is 0 Å². The largest absolute Gasteiger partial charge is 0.474 e. The molecule has 0 heterocycles. The van der Waals surface area contributed by atoms with E-state index in [0.29, 0.717) is 0 Å². The third kappa shape index (κ3) is 5.43. The van der Waals surface area contributed by atoms with Crippen LogP contribution in [0.25, 0.3) is 0 Å². The summed E-state index contributed by atoms with van der Waals surface area (Å²) in [4.78, 5) is 34.1. The molecule has 1 atom stereocenters. The molecule has 0 fully saturated rings. The van der Waals surface area contributed by atoms with Crippen LogP contribution in [-0.4, -0.2) is 30.0 Å². The minimum Gasteiger partial charge on any atom is -0.474 e. The number of ether oxygens (including phenoxy) is 2. The van der Waals surface area contributed by atoms with Gasteiger partial charge in [0.25, 0.3) is 5.91 Å². The zero-order valence-electron chi connectivity index (χ0n) is 15.1. The van der Waals surface area contributed by atoms with Gasteiger partial charge in [0.2, 0.25) is 0 Å². The molecule has 0 spiro atoms. The van der Waals surface area contributed by atoms with Gasteiger partial charge in [-0.1, -0.05) is 6.07 Å². The molecule has 8 nitrogen and oxygen atoms in total. The minimum atomic E-state index is -4.58. The maximum atomic E-state index is 12.8. The standard InChI is InChI=1S/C18H15F3N2O6/c1-10(16(24)22-13-5-3-4-12(9-13)18(19,20)21)29-15-7-6-11(17(25)28-2)8-14(15)23(26)27/h3-10H,1-2H3,(H,22,24)/t10-/m1/s1. The smallest absolute Gasteiger partial charge is 0.416 e. The maximum Gasteiger partial charge on any atom is 0.416 e. The molecule has 0 aliphatic rings. The molecule has 154 valence electrons. The number of hydrogen-bond donors (Lipinski definition) is 1. The van der Waals surface area contributed by atoms with Crippen LogP contribution in [0.1, 0.15) is 22.8 Å². The Bertz CT molecular complexity index is 945. The number of carbonyl (C=O) groups is 2. The number of amides is 1. The van der Waals surface area contributed by atoms with Gasteiger partial charge < -0.3 is 14.8 Å². The van der Waals surface area contributed by atoms with E-state index in [9.17, 15) is 32.9 Å². The minimum absolute atomic E-state index is 0.0902. The van der Waals surface area contributed by atoms with Crippen LogP contribution in [0.5, 0.6) is 5.75 Å². The molecule has 0 aliphatic heterocycles. The second-order valence-corrected chi connectivity index (χ2v) is 5.76. The summed E-state index contributed by atoms with van der Waals surface area (Å²) in [5.41, 5.74) is -1.73. The van der Waals surface area contributed by atoms with Crippen LogP contribution in [0.2, 0.25) is 0 Å². The Morgan fingerprint density at radius 2 is 1.86 bits per heavy atom. The van der Waals surface area contributed by atoms with Crippen LogP contribution >= 0.6 is 0 Å². The van der Waals surface area contributed by atoms with E-state index in [4.69, 9.17) is 4.74 Å². The van der Waals surface area contributed by atoms with Crippen LogP contribution in [0.4, 0.5) is 24.5 Å². The monoisotopic (exact) mass is 412 g/mol. The lowest BCUT2D eigenvalue weighted by Gasteiger charge is -2.16. The molecule has 2 aromatic rings. The van der Waals surface area contributed by atoms with Crippen molar-refractivity contribution in [2.24, 2.45) is 0 Å². The number of benzene rings is 2. The Kier molecular flexibility index (Phi) is 6.42. The number of hydrogen-bond acceptors (Lipinski definition) is 6. The molecular formula is C18H15F3N2O6. The van der Waals surface area contributed by atoms with E-state index in [1.807, 2.05) is 0 Å². The van der Waals surface area contributed by atoms with Crippen LogP contribution in [0.15, 0.2) is 42.5 Å². The first kappa shape index (κ1) is 21.7. The lowest BCUT2D eigenvalue weighted by atomic mass is 10.2. The highest BCUT2D eigenvalue weighted by Crippen LogP contribution is 2.31. The molecule has 0 aromatic heterocycles. The number of carbonyl (C=O) groups excluding carboxylic acids is 2. The number of nitro groups is 1. The van der Waals surface area contributed by atoms with Crippen LogP contribution in [0.3, 0.4) is 0 Å². The number of halogens is 3. The van der Waals surface area contributed by atoms with E-state index >= 15 is 0 Å². The molecule has 0 aliphatic carbocycles. The number of nitro benzene ring substituents is 1. The average molecular weight is 412 g/mol. The summed E-state index contributed by atoms with van der Waals surface area (Å²) in [5, 5.41) is 13.5. The highest BCUT2D eigenvalue weighted by molar-refractivity contribution is 5.94. The zero-order valence-corrected chi connectivity index (χ0v) is 15.1. The van der Waals surface area contributed by atoms with E-state index < -0.39 is 40.3 Å². The third-order valence-electron chi connectivity index (χ3n) is 3.71. The van der Waals surface area contributed by atoms with Gasteiger partial charge in [-0.05, 0) is 37.3 Å². The molecule has 1 amide bonds. The predicted molar refractivity (Wildman–Crippen MR) is 94.6 cm³/mol. The number of alkyl halides is 3. The van der Waals surface area contributed by atoms with Gasteiger partial charge in [-0.15, -0.1) is 0 Å². The molecule has 0 unspecified atom stereocenters. The predicted octanol–water partition coefficient (Wildman–Crippen LogP) is 3.81. The first-order valence-corrected chi connectivity index (χ1v) is 8.04. The molecule has 2 aromatic carbocycles. The number of anilines is 1. The second kappa shape index (κ2) is 8.59. The fourth-order valence-electron chi connectivity index (χ4n) is 2.27. The Morgan fingerprint density at radius 3 is 2.45 bits per heavy atom. The summed E-state index contributed by atoms with van der Waals surface area (Å²) in [6, 6.07) is 7.25. The molecule has 2 rings (SSSR count). The molecular weight excluding hydrogens is 397 g/mol. The first-order chi connectivity index (χ1) is 13.5. The van der Waals surface area contributed by atoms with Gasteiger partial charge in [-0.25, -0.2) is 4.79 Å². The van der Waals surface area contributed by atoms with Gasteiger partial charge in [0, 0.05) is 11.8 Å². The first-order valence-electron chi connectivity index (χ1n) is 8.04. The lowest BCUT2D eigenvalue weighted by Crippen LogP contribution is -2.30. The molecule has 0 saturated heterocycles. The van der Waals surface area contributed by atoms with Crippen molar-refractivity contribution in [1.82, 2.24) is 0 Å². The molecule has 11 heteroatoms. The number of rotatable bonds is 6. The Balaban J connectivity index is 2.17. The molecule has 0 saturated carbocycles. The van der Waals surface area contributed by atoms with Crippen molar-refractivity contribution in [3.8, 4) is 5.75 Å². The number of esters is 1. The van der Waals surface area contributed by atoms with Crippen molar-refractivity contribution in [3.05, 3.63) is 63.7 Å². The Labute approximate surface area is 162 Å². The van der Waals surface area contributed by atoms with Crippen LogP contribution < -0.4 is 10.1 Å². The quantitative estimate of drug-likeness (QED) is 0.439. The van der Waals surface area contributed by atoms with E-state index in [1.165, 1.54) is 19.1 Å². The van der Waals surface area contributed by atoms with Crippen LogP contribution in [0, 0.1) is 10.1 Å². The van der Waals surface area contributed by atoms with E-state index in [2.05, 4.69) is 10.1 Å². The van der Waals surface area contributed by atoms with Crippen molar-refractivity contribution in [3.63, 3.8) is 0 Å². The van der Waals surface area contributed by atoms with Gasteiger partial charge in [-0.3, -0.25) is 14.9 Å². The summed E-state index contributed by atoms with van der Waals surface area (Å²) >= 11 is 0. The zero-order chi connectivity index (χ0) is 21.8. The maximum absolute atomic E-state index is 12.8. The Morgan fingerprint density at radius 1 is 1.17 bits per heavy atom. The van der Waals surface area contributed by atoms with Crippen molar-refractivity contribution < 1.29 is 37.2 Å². The molecule has 0 radical (unpaired) electrons. The summed E-state index contributed by atoms with van der Waals surface area (Å²) in [5.74, 6) is -1.92. The van der Waals surface area contributed by atoms with Gasteiger partial charge >= 0.3 is 17.8 Å². The third-order valence-corrected chi connectivity index (χ3v) is 3.71. The van der Waals surface area contributed by atoms with Gasteiger partial charge in [0.15, 0.2) is 11.9 Å². The highest BCUT2D eigenvalue weighted by Gasteiger charge is 2.31. The summed E-state index contributed by atoms with van der Waals surface area (Å²) < 4.78 is 48.0. The SMILES string of the molecule is COC(=O)c1ccc(O[C@H](C)C(=O)Nc2cccc(C(F)(F)F)c2)c([N+](=O)[O-])c1. The second-order valence-electron chi connectivity index (χ2n) is 5.76. The summed E-state index contributed by atoms with van der Waals surface area (Å²) in [6.45, 7) is 1.26. The van der Waals surface area contributed by atoms with Crippen molar-refractivity contribution in [2.45, 2.75) is 19.2 Å². The van der Waals surface area contributed by atoms with Gasteiger partial charge in [0.1, 0.15) is 0 Å².